The summed E-state index contributed by atoms with van der Waals surface area (Å²) < 4.78 is 0. The lowest BCUT2D eigenvalue weighted by Gasteiger charge is -2.27. The van der Waals surface area contributed by atoms with Gasteiger partial charge in [-0.2, -0.15) is 0 Å². The molecule has 2 heterocycles. The molecule has 1 N–H and O–H groups in total. The smallest absolute Gasteiger partial charge is 0.261 e. The summed E-state index contributed by atoms with van der Waals surface area (Å²) in [6.45, 7) is 0.756. The fourth-order valence-corrected chi connectivity index (χ4v) is 4.08. The second kappa shape index (κ2) is 7.90. The van der Waals surface area contributed by atoms with Crippen LogP contribution in [0.25, 0.3) is 10.8 Å². The van der Waals surface area contributed by atoms with Crippen molar-refractivity contribution in [3.63, 3.8) is 0 Å². The maximum Gasteiger partial charge on any atom is 0.261 e. The van der Waals surface area contributed by atoms with E-state index in [4.69, 9.17) is 0 Å². The van der Waals surface area contributed by atoms with Gasteiger partial charge in [-0.05, 0) is 23.9 Å². The molecule has 0 saturated heterocycles. The zero-order chi connectivity index (χ0) is 19.5. The third kappa shape index (κ3) is 3.53. The molecule has 1 aromatic heterocycles. The normalized spacial score (nSPS) is 13.2. The van der Waals surface area contributed by atoms with Crippen LogP contribution in [0.2, 0.25) is 0 Å². The molecule has 142 valence electrons. The second-order valence-corrected chi connectivity index (χ2v) is 7.58. The Morgan fingerprint density at radius 2 is 1.79 bits per heavy atom. The Kier molecular flexibility index (Phi) is 5.16. The van der Waals surface area contributed by atoms with Gasteiger partial charge in [0.15, 0.2) is 0 Å². The van der Waals surface area contributed by atoms with Crippen LogP contribution in [0.5, 0.6) is 0 Å². The Morgan fingerprint density at radius 3 is 2.43 bits per heavy atom. The maximum absolute atomic E-state index is 12.8. The number of carbonyl (C=O) groups excluding carboxylic acids is 3. The summed E-state index contributed by atoms with van der Waals surface area (Å²) in [5, 5.41) is 7.35. The minimum Gasteiger partial charge on any atom is -0.356 e. The van der Waals surface area contributed by atoms with Crippen LogP contribution in [0.15, 0.2) is 48.0 Å². The van der Waals surface area contributed by atoms with Gasteiger partial charge < -0.3 is 5.32 Å². The van der Waals surface area contributed by atoms with Crippen molar-refractivity contribution < 1.29 is 14.4 Å². The summed E-state index contributed by atoms with van der Waals surface area (Å²) in [6, 6.07) is 10.9. The summed E-state index contributed by atoms with van der Waals surface area (Å²) in [6.07, 6.45) is 3.14. The minimum absolute atomic E-state index is 0.0871. The van der Waals surface area contributed by atoms with E-state index in [1.54, 1.807) is 29.7 Å². The number of carbonyl (C=O) groups is 3. The Bertz CT molecular complexity index is 995. The van der Waals surface area contributed by atoms with E-state index < -0.39 is 0 Å². The van der Waals surface area contributed by atoms with Crippen LogP contribution in [-0.2, 0) is 11.2 Å². The van der Waals surface area contributed by atoms with E-state index >= 15 is 0 Å². The zero-order valence-corrected chi connectivity index (χ0v) is 16.0. The molecule has 7 heteroatoms. The first-order chi connectivity index (χ1) is 13.6. The molecular weight excluding hydrogens is 374 g/mol. The Hall–Kier alpha value is -3.06. The highest BCUT2D eigenvalue weighted by Crippen LogP contribution is 2.29. The fourth-order valence-electron chi connectivity index (χ4n) is 3.45. The number of benzene rings is 2. The molecule has 1 aliphatic rings. The third-order valence-electron chi connectivity index (χ3n) is 4.79. The topological polar surface area (TPSA) is 79.4 Å². The predicted molar refractivity (Wildman–Crippen MR) is 107 cm³/mol. The molecule has 0 saturated carbocycles. The number of aromatic nitrogens is 1. The van der Waals surface area contributed by atoms with Crippen LogP contribution in [0.4, 0.5) is 0 Å². The number of nitrogens with one attached hydrogen (secondary N) is 1. The molecular formula is C21H19N3O3S. The molecule has 28 heavy (non-hydrogen) atoms. The van der Waals surface area contributed by atoms with Crippen molar-refractivity contribution in [2.24, 2.45) is 0 Å². The zero-order valence-electron chi connectivity index (χ0n) is 15.2. The molecule has 0 spiro atoms. The van der Waals surface area contributed by atoms with Gasteiger partial charge in [0, 0.05) is 54.0 Å². The molecule has 3 amide bonds. The van der Waals surface area contributed by atoms with Crippen molar-refractivity contribution >= 4 is 39.8 Å². The molecule has 0 atom stereocenters. The van der Waals surface area contributed by atoms with Crippen LogP contribution in [0.3, 0.4) is 0 Å². The largest absolute Gasteiger partial charge is 0.356 e. The lowest BCUT2D eigenvalue weighted by Crippen LogP contribution is -2.41. The molecule has 6 nitrogen and oxygen atoms in total. The minimum atomic E-state index is -0.293. The number of nitrogens with zero attached hydrogens (tertiary/aromatic N) is 2. The number of hydrogen-bond acceptors (Lipinski definition) is 5. The number of hydrogen-bond donors (Lipinski definition) is 1. The van der Waals surface area contributed by atoms with Crippen molar-refractivity contribution in [2.45, 2.75) is 19.3 Å². The van der Waals surface area contributed by atoms with Gasteiger partial charge >= 0.3 is 0 Å². The lowest BCUT2D eigenvalue weighted by atomic mass is 9.94. The van der Waals surface area contributed by atoms with Crippen molar-refractivity contribution in [3.8, 4) is 0 Å². The molecule has 0 fully saturated rings. The van der Waals surface area contributed by atoms with Gasteiger partial charge in [0.2, 0.25) is 5.91 Å². The van der Waals surface area contributed by atoms with E-state index in [9.17, 15) is 14.4 Å². The molecule has 0 radical (unpaired) electrons. The van der Waals surface area contributed by atoms with Crippen LogP contribution < -0.4 is 5.32 Å². The monoisotopic (exact) mass is 393 g/mol. The van der Waals surface area contributed by atoms with Gasteiger partial charge in [-0.15, -0.1) is 11.3 Å². The first-order valence-electron chi connectivity index (χ1n) is 9.18. The standard InChI is InChI=1S/C21H19N3O3S/c25-17(22-10-9-18-23-11-13-28-18)8-3-12-24-20(26)15-6-1-4-14-5-2-7-16(19(14)15)21(24)27/h1-2,4-7,11,13H,3,8-10,12H2,(H,22,25). The van der Waals surface area contributed by atoms with Gasteiger partial charge in [0.05, 0.1) is 5.01 Å². The van der Waals surface area contributed by atoms with Crippen molar-refractivity contribution in [1.82, 2.24) is 15.2 Å². The summed E-state index contributed by atoms with van der Waals surface area (Å²) in [5.74, 6) is -0.673. The second-order valence-electron chi connectivity index (χ2n) is 6.60. The molecule has 2 aromatic carbocycles. The number of rotatable bonds is 7. The molecule has 0 aliphatic carbocycles. The summed E-state index contributed by atoms with van der Waals surface area (Å²) >= 11 is 1.56. The van der Waals surface area contributed by atoms with E-state index in [-0.39, 0.29) is 30.7 Å². The van der Waals surface area contributed by atoms with E-state index in [0.29, 0.717) is 30.5 Å². The Balaban J connectivity index is 1.35. The number of thiazole rings is 1. The lowest BCUT2D eigenvalue weighted by molar-refractivity contribution is -0.121. The highest BCUT2D eigenvalue weighted by Gasteiger charge is 2.32. The average molecular weight is 393 g/mol. The van der Waals surface area contributed by atoms with Gasteiger partial charge in [-0.1, -0.05) is 24.3 Å². The first-order valence-corrected chi connectivity index (χ1v) is 10.1. The highest BCUT2D eigenvalue weighted by molar-refractivity contribution is 7.09. The Labute approximate surface area is 166 Å². The maximum atomic E-state index is 12.8. The van der Waals surface area contributed by atoms with Gasteiger partial charge in [-0.3, -0.25) is 19.3 Å². The Morgan fingerprint density at radius 1 is 1.07 bits per heavy atom. The predicted octanol–water partition coefficient (Wildman–Crippen LogP) is 3.03. The van der Waals surface area contributed by atoms with E-state index in [0.717, 1.165) is 15.8 Å². The third-order valence-corrected chi connectivity index (χ3v) is 5.63. The summed E-state index contributed by atoms with van der Waals surface area (Å²) in [5.41, 5.74) is 1.08. The van der Waals surface area contributed by atoms with Crippen molar-refractivity contribution in [1.29, 1.82) is 0 Å². The van der Waals surface area contributed by atoms with Crippen LogP contribution in [0.1, 0.15) is 38.6 Å². The van der Waals surface area contributed by atoms with Crippen LogP contribution in [-0.4, -0.2) is 40.7 Å². The SMILES string of the molecule is O=C(CCCN1C(=O)c2cccc3cccc(c23)C1=O)NCCc1nccs1. The van der Waals surface area contributed by atoms with Gasteiger partial charge in [0.25, 0.3) is 11.8 Å². The quantitative estimate of drug-likeness (QED) is 0.626. The van der Waals surface area contributed by atoms with Crippen molar-refractivity contribution in [3.05, 3.63) is 64.1 Å². The number of amides is 3. The van der Waals surface area contributed by atoms with Gasteiger partial charge in [-0.25, -0.2) is 4.98 Å². The molecule has 0 unspecified atom stereocenters. The van der Waals surface area contributed by atoms with E-state index in [2.05, 4.69) is 10.3 Å². The average Bonchev–Trinajstić information content (AvgIpc) is 3.22. The first kappa shape index (κ1) is 18.3. The molecule has 0 bridgehead atoms. The van der Waals surface area contributed by atoms with E-state index in [1.807, 2.05) is 29.6 Å². The van der Waals surface area contributed by atoms with Crippen LogP contribution in [0, 0.1) is 0 Å². The fraction of sp³-hybridized carbons (Fsp3) is 0.238. The number of imide groups is 1. The van der Waals surface area contributed by atoms with Gasteiger partial charge in [0.1, 0.15) is 0 Å². The van der Waals surface area contributed by atoms with Crippen LogP contribution >= 0.6 is 11.3 Å². The van der Waals surface area contributed by atoms with E-state index in [1.165, 1.54) is 4.90 Å². The molecule has 1 aliphatic heterocycles. The summed E-state index contributed by atoms with van der Waals surface area (Å²) in [4.78, 5) is 43.0. The molecule has 4 rings (SSSR count). The summed E-state index contributed by atoms with van der Waals surface area (Å²) in [7, 11) is 0. The molecule has 3 aromatic rings. The highest BCUT2D eigenvalue weighted by atomic mass is 32.1. The van der Waals surface area contributed by atoms with Crippen molar-refractivity contribution in [2.75, 3.05) is 13.1 Å².